The molecule has 25 heavy (non-hydrogen) atoms. The zero-order valence-electron chi connectivity index (χ0n) is 14.9. The summed E-state index contributed by atoms with van der Waals surface area (Å²) >= 11 is 0. The van der Waals surface area contributed by atoms with E-state index in [0.717, 1.165) is 36.5 Å². The number of likely N-dealkylation sites (tertiary alicyclic amines) is 1. The van der Waals surface area contributed by atoms with Gasteiger partial charge >= 0.3 is 6.03 Å². The average Bonchev–Trinajstić information content (AvgIpc) is 3.12. The number of nitrogens with zero attached hydrogens (tertiary/aromatic N) is 3. The van der Waals surface area contributed by atoms with Gasteiger partial charge in [-0.2, -0.15) is 0 Å². The van der Waals surface area contributed by atoms with E-state index in [4.69, 9.17) is 4.74 Å². The summed E-state index contributed by atoms with van der Waals surface area (Å²) in [5.41, 5.74) is 1.81. The second-order valence-corrected chi connectivity index (χ2v) is 6.36. The summed E-state index contributed by atoms with van der Waals surface area (Å²) < 4.78 is 5.30. The van der Waals surface area contributed by atoms with Gasteiger partial charge < -0.3 is 19.9 Å². The molecule has 1 aromatic heterocycles. The lowest BCUT2D eigenvalue weighted by atomic mass is 10.0. The van der Waals surface area contributed by atoms with E-state index in [-0.39, 0.29) is 12.1 Å². The van der Waals surface area contributed by atoms with E-state index in [1.165, 1.54) is 0 Å². The molecule has 2 aromatic rings. The Labute approximate surface area is 148 Å². The summed E-state index contributed by atoms with van der Waals surface area (Å²) in [6.07, 6.45) is 3.63. The van der Waals surface area contributed by atoms with Crippen molar-refractivity contribution in [1.29, 1.82) is 0 Å². The van der Waals surface area contributed by atoms with Crippen molar-refractivity contribution in [3.05, 3.63) is 48.2 Å². The zero-order chi connectivity index (χ0) is 17.8. The van der Waals surface area contributed by atoms with E-state index >= 15 is 0 Å². The molecule has 0 bridgehead atoms. The van der Waals surface area contributed by atoms with Crippen LogP contribution in [0.25, 0.3) is 0 Å². The molecule has 0 unspecified atom stereocenters. The van der Waals surface area contributed by atoms with E-state index in [2.05, 4.69) is 10.3 Å². The smallest absolute Gasteiger partial charge is 0.322 e. The molecule has 1 N–H and O–H groups in total. The monoisotopic (exact) mass is 340 g/mol. The maximum absolute atomic E-state index is 12.7. The molecule has 1 aliphatic heterocycles. The Hall–Kier alpha value is -2.76. The first-order valence-electron chi connectivity index (χ1n) is 8.43. The van der Waals surface area contributed by atoms with Gasteiger partial charge in [0, 0.05) is 20.6 Å². The number of hydrogen-bond acceptors (Lipinski definition) is 4. The third kappa shape index (κ3) is 3.84. The molecular formula is C19H24N4O2. The fraction of sp³-hybridized carbons (Fsp3) is 0.368. The molecule has 2 amide bonds. The highest BCUT2D eigenvalue weighted by Gasteiger charge is 2.30. The van der Waals surface area contributed by atoms with Crippen LogP contribution >= 0.6 is 0 Å². The summed E-state index contributed by atoms with van der Waals surface area (Å²) in [5, 5.41) is 2.95. The summed E-state index contributed by atoms with van der Waals surface area (Å²) in [7, 11) is 5.52. The SMILES string of the molecule is COc1cccc([C@H]2CCCN2C(=O)Nc2ccc(N(C)C)nc2)c1. The highest BCUT2D eigenvalue weighted by atomic mass is 16.5. The maximum atomic E-state index is 12.7. The van der Waals surface area contributed by atoms with E-state index in [1.807, 2.05) is 60.3 Å². The molecule has 1 aliphatic rings. The molecule has 1 atom stereocenters. The predicted octanol–water partition coefficient (Wildman–Crippen LogP) is 3.53. The number of aromatic nitrogens is 1. The van der Waals surface area contributed by atoms with Gasteiger partial charge in [0.15, 0.2) is 0 Å². The van der Waals surface area contributed by atoms with Crippen LogP contribution in [-0.2, 0) is 0 Å². The largest absolute Gasteiger partial charge is 0.497 e. The number of ether oxygens (including phenoxy) is 1. The fourth-order valence-corrected chi connectivity index (χ4v) is 3.12. The van der Waals surface area contributed by atoms with Gasteiger partial charge in [-0.3, -0.25) is 0 Å². The molecule has 6 nitrogen and oxygen atoms in total. The van der Waals surface area contributed by atoms with Crippen LogP contribution in [0.3, 0.4) is 0 Å². The number of urea groups is 1. The molecule has 1 fully saturated rings. The number of nitrogens with one attached hydrogen (secondary N) is 1. The summed E-state index contributed by atoms with van der Waals surface area (Å²) in [6.45, 7) is 0.747. The lowest BCUT2D eigenvalue weighted by Gasteiger charge is -2.25. The van der Waals surface area contributed by atoms with Crippen LogP contribution in [0.2, 0.25) is 0 Å². The number of carbonyl (C=O) groups is 1. The van der Waals surface area contributed by atoms with Crippen LogP contribution < -0.4 is 15.0 Å². The first-order chi connectivity index (χ1) is 12.1. The van der Waals surface area contributed by atoms with Crippen molar-refractivity contribution in [3.63, 3.8) is 0 Å². The number of rotatable bonds is 4. The van der Waals surface area contributed by atoms with Crippen molar-refractivity contribution in [3.8, 4) is 5.75 Å². The van der Waals surface area contributed by atoms with Crippen molar-refractivity contribution in [1.82, 2.24) is 9.88 Å². The lowest BCUT2D eigenvalue weighted by molar-refractivity contribution is 0.207. The maximum Gasteiger partial charge on any atom is 0.322 e. The minimum atomic E-state index is -0.0928. The number of benzene rings is 1. The van der Waals surface area contributed by atoms with Gasteiger partial charge in [-0.15, -0.1) is 0 Å². The molecule has 1 aromatic carbocycles. The van der Waals surface area contributed by atoms with Crippen LogP contribution in [0.4, 0.5) is 16.3 Å². The average molecular weight is 340 g/mol. The topological polar surface area (TPSA) is 57.7 Å². The van der Waals surface area contributed by atoms with Crippen LogP contribution in [0.1, 0.15) is 24.4 Å². The number of methoxy groups -OCH3 is 1. The van der Waals surface area contributed by atoms with Gasteiger partial charge in [0.05, 0.1) is 25.0 Å². The Balaban J connectivity index is 1.72. The molecular weight excluding hydrogens is 316 g/mol. The van der Waals surface area contributed by atoms with Gasteiger partial charge in [-0.05, 0) is 42.7 Å². The van der Waals surface area contributed by atoms with Gasteiger partial charge in [0.25, 0.3) is 0 Å². The van der Waals surface area contributed by atoms with Crippen LogP contribution in [0.15, 0.2) is 42.6 Å². The first kappa shape index (κ1) is 17.1. The highest BCUT2D eigenvalue weighted by molar-refractivity contribution is 5.89. The first-order valence-corrected chi connectivity index (χ1v) is 8.43. The Kier molecular flexibility index (Phi) is 5.07. The number of anilines is 2. The van der Waals surface area contributed by atoms with Crippen LogP contribution in [-0.4, -0.2) is 43.7 Å². The zero-order valence-corrected chi connectivity index (χ0v) is 14.9. The van der Waals surface area contributed by atoms with E-state index < -0.39 is 0 Å². The van der Waals surface area contributed by atoms with Crippen molar-refractivity contribution in [2.24, 2.45) is 0 Å². The number of pyridine rings is 1. The summed E-state index contributed by atoms with van der Waals surface area (Å²) in [4.78, 5) is 20.9. The molecule has 3 rings (SSSR count). The molecule has 0 radical (unpaired) electrons. The van der Waals surface area contributed by atoms with E-state index in [9.17, 15) is 4.79 Å². The van der Waals surface area contributed by atoms with Crippen molar-refractivity contribution >= 4 is 17.5 Å². The van der Waals surface area contributed by atoms with Crippen molar-refractivity contribution in [2.45, 2.75) is 18.9 Å². The molecule has 1 saturated heterocycles. The second-order valence-electron chi connectivity index (χ2n) is 6.36. The van der Waals surface area contributed by atoms with Gasteiger partial charge in [-0.25, -0.2) is 9.78 Å². The molecule has 2 heterocycles. The molecule has 6 heteroatoms. The van der Waals surface area contributed by atoms with Crippen LogP contribution in [0, 0.1) is 0 Å². The Morgan fingerprint density at radius 3 is 2.84 bits per heavy atom. The second kappa shape index (κ2) is 7.42. The molecule has 0 spiro atoms. The third-order valence-electron chi connectivity index (χ3n) is 4.45. The number of hydrogen-bond donors (Lipinski definition) is 1. The molecule has 0 aliphatic carbocycles. The van der Waals surface area contributed by atoms with E-state index in [1.54, 1.807) is 13.3 Å². The van der Waals surface area contributed by atoms with Crippen LogP contribution in [0.5, 0.6) is 5.75 Å². The van der Waals surface area contributed by atoms with Gasteiger partial charge in [-0.1, -0.05) is 12.1 Å². The molecule has 132 valence electrons. The predicted molar refractivity (Wildman–Crippen MR) is 99.3 cm³/mol. The Bertz CT molecular complexity index is 730. The number of amides is 2. The fourth-order valence-electron chi connectivity index (χ4n) is 3.12. The molecule has 0 saturated carbocycles. The normalized spacial score (nSPS) is 16.6. The summed E-state index contributed by atoms with van der Waals surface area (Å²) in [6, 6.07) is 11.7. The minimum absolute atomic E-state index is 0.0732. The third-order valence-corrected chi connectivity index (χ3v) is 4.45. The van der Waals surface area contributed by atoms with Gasteiger partial charge in [0.2, 0.25) is 0 Å². The Morgan fingerprint density at radius 2 is 2.16 bits per heavy atom. The van der Waals surface area contributed by atoms with Crippen molar-refractivity contribution in [2.75, 3.05) is 38.0 Å². The Morgan fingerprint density at radius 1 is 1.32 bits per heavy atom. The van der Waals surface area contributed by atoms with Crippen molar-refractivity contribution < 1.29 is 9.53 Å². The lowest BCUT2D eigenvalue weighted by Crippen LogP contribution is -2.34. The standard InChI is InChI=1S/C19H24N4O2/c1-22(2)18-10-9-15(13-20-18)21-19(24)23-11-5-8-17(23)14-6-4-7-16(12-14)25-3/h4,6-7,9-10,12-13,17H,5,8,11H2,1-3H3,(H,21,24)/t17-/m1/s1. The highest BCUT2D eigenvalue weighted by Crippen LogP contribution is 2.33. The number of carbonyl (C=O) groups excluding carboxylic acids is 1. The van der Waals surface area contributed by atoms with E-state index in [0.29, 0.717) is 5.69 Å². The summed E-state index contributed by atoms with van der Waals surface area (Å²) in [5.74, 6) is 1.67. The van der Waals surface area contributed by atoms with Gasteiger partial charge in [0.1, 0.15) is 11.6 Å². The minimum Gasteiger partial charge on any atom is -0.497 e. The quantitative estimate of drug-likeness (QED) is 0.925.